The summed E-state index contributed by atoms with van der Waals surface area (Å²) in [6.07, 6.45) is 11.0. The minimum Gasteiger partial charge on any atom is -0.757 e. The average molecular weight is 600 g/mol. The van der Waals surface area contributed by atoms with E-state index in [4.69, 9.17) is 4.98 Å². The van der Waals surface area contributed by atoms with Gasteiger partial charge >= 0.3 is 0 Å². The van der Waals surface area contributed by atoms with Gasteiger partial charge in [-0.2, -0.15) is 5.10 Å². The van der Waals surface area contributed by atoms with Crippen molar-refractivity contribution < 1.29 is 8.76 Å². The van der Waals surface area contributed by atoms with Crippen molar-refractivity contribution in [3.63, 3.8) is 0 Å². The van der Waals surface area contributed by atoms with Crippen molar-refractivity contribution in [3.05, 3.63) is 72.7 Å². The van der Waals surface area contributed by atoms with Gasteiger partial charge in [-0.1, -0.05) is 42.8 Å². The lowest BCUT2D eigenvalue weighted by molar-refractivity contribution is 0.221. The molecule has 0 spiro atoms. The van der Waals surface area contributed by atoms with Crippen molar-refractivity contribution in [2.75, 3.05) is 13.1 Å². The summed E-state index contributed by atoms with van der Waals surface area (Å²) >= 11 is 1.67. The topological polar surface area (TPSA) is 73.6 Å². The third kappa shape index (κ3) is 4.57. The van der Waals surface area contributed by atoms with E-state index in [1.54, 1.807) is 50.1 Å². The van der Waals surface area contributed by atoms with Gasteiger partial charge in [-0.05, 0) is 67.6 Å². The number of aromatic nitrogens is 3. The minimum absolute atomic E-state index is 0.265. The Bertz CT molecular complexity index is 1450. The normalized spacial score (nSPS) is 18.4. The molecule has 0 bridgehead atoms. The average Bonchev–Trinajstić information content (AvgIpc) is 3.66. The van der Waals surface area contributed by atoms with Crippen LogP contribution in [0.25, 0.3) is 27.9 Å². The fraction of sp³-hybridized carbons (Fsp3) is 0.333. The minimum atomic E-state index is -4.11. The molecule has 2 aromatic carbocycles. The van der Waals surface area contributed by atoms with E-state index in [0.717, 1.165) is 41.6 Å². The highest BCUT2D eigenvalue weighted by Crippen LogP contribution is 2.53. The first kappa shape index (κ1) is 23.3. The van der Waals surface area contributed by atoms with Gasteiger partial charge in [0.1, 0.15) is 0 Å². The van der Waals surface area contributed by atoms with Crippen molar-refractivity contribution in [2.24, 2.45) is 0 Å². The molecule has 2 fully saturated rings. The lowest BCUT2D eigenvalue weighted by Crippen LogP contribution is -2.29. The molecule has 4 aromatic rings. The summed E-state index contributed by atoms with van der Waals surface area (Å²) in [5, 5.41) is 4.27. The van der Waals surface area contributed by atoms with Gasteiger partial charge in [-0.15, -0.1) is 0 Å². The van der Waals surface area contributed by atoms with Crippen LogP contribution in [0.15, 0.2) is 72.0 Å². The van der Waals surface area contributed by atoms with E-state index < -0.39 is 6.52 Å². The molecule has 182 valence electrons. The summed E-state index contributed by atoms with van der Waals surface area (Å²) in [6, 6.07) is 15.9. The molecule has 2 aromatic heterocycles. The molecule has 1 saturated heterocycles. The predicted molar refractivity (Wildman–Crippen MR) is 147 cm³/mol. The van der Waals surface area contributed by atoms with Gasteiger partial charge in [0.05, 0.1) is 6.20 Å². The van der Waals surface area contributed by atoms with Gasteiger partial charge in [0.25, 0.3) is 0 Å². The number of hydrogen-bond donors (Lipinski definition) is 0. The van der Waals surface area contributed by atoms with E-state index in [9.17, 15) is 8.76 Å². The molecular formula is C27H28IN4O2S-. The van der Waals surface area contributed by atoms with Gasteiger partial charge in [0, 0.05) is 61.4 Å². The zero-order valence-corrected chi connectivity index (χ0v) is 22.5. The Labute approximate surface area is 217 Å². The summed E-state index contributed by atoms with van der Waals surface area (Å²) in [5.41, 5.74) is 5.78. The number of halogens is 1. The van der Waals surface area contributed by atoms with Crippen molar-refractivity contribution in [1.82, 2.24) is 19.5 Å². The van der Waals surface area contributed by atoms with E-state index in [2.05, 4.69) is 34.3 Å². The van der Waals surface area contributed by atoms with Gasteiger partial charge in [-0.3, -0.25) is 4.90 Å². The van der Waals surface area contributed by atoms with E-state index in [1.165, 1.54) is 37.9 Å². The van der Waals surface area contributed by atoms with Crippen LogP contribution >= 0.6 is 21.2 Å². The first-order valence-electron chi connectivity index (χ1n) is 12.2. The van der Waals surface area contributed by atoms with Gasteiger partial charge in [0.15, 0.2) is 5.65 Å². The van der Waals surface area contributed by atoms with Crippen molar-refractivity contribution in [1.29, 1.82) is 0 Å². The third-order valence-corrected chi connectivity index (χ3v) is 13.5. The number of hydrogen-bond acceptors (Lipinski definition) is 5. The molecule has 6 nitrogen and oxygen atoms in total. The third-order valence-electron chi connectivity index (χ3n) is 7.15. The van der Waals surface area contributed by atoms with E-state index in [0.29, 0.717) is 10.5 Å². The number of sulfone groups is 1. The molecule has 0 radical (unpaired) electrons. The molecule has 1 aliphatic heterocycles. The SMILES string of the molecule is O=S([O-])(I)(c1cccc(-c2cnn3cc(-c4ccc(CN5CCCCC5)cc4)cnc23)c1)C1CC1. The van der Waals surface area contributed by atoms with Crippen LogP contribution in [0.2, 0.25) is 0 Å². The highest BCUT2D eigenvalue weighted by Gasteiger charge is 2.38. The Morgan fingerprint density at radius 2 is 1.74 bits per heavy atom. The Morgan fingerprint density at radius 3 is 2.49 bits per heavy atom. The molecule has 0 unspecified atom stereocenters. The zero-order valence-electron chi connectivity index (χ0n) is 19.5. The maximum Gasteiger partial charge on any atom is 0.162 e. The zero-order chi connectivity index (χ0) is 24.1. The molecule has 2 aliphatic rings. The van der Waals surface area contributed by atoms with Crippen LogP contribution in [-0.4, -0.2) is 46.6 Å². The number of piperidine rings is 1. The van der Waals surface area contributed by atoms with Crippen LogP contribution in [0.1, 0.15) is 37.7 Å². The lowest BCUT2D eigenvalue weighted by atomic mass is 10.1. The summed E-state index contributed by atoms with van der Waals surface area (Å²) in [5.74, 6) is 0. The van der Waals surface area contributed by atoms with Crippen LogP contribution in [-0.2, 0) is 13.1 Å². The summed E-state index contributed by atoms with van der Waals surface area (Å²) < 4.78 is 28.3. The largest absolute Gasteiger partial charge is 0.757 e. The molecule has 1 aliphatic carbocycles. The van der Waals surface area contributed by atoms with Crippen LogP contribution in [0.4, 0.5) is 0 Å². The van der Waals surface area contributed by atoms with Crippen LogP contribution in [0, 0.1) is 0 Å². The molecule has 3 heterocycles. The molecule has 0 N–H and O–H groups in total. The van der Waals surface area contributed by atoms with E-state index in [1.807, 2.05) is 18.5 Å². The molecule has 35 heavy (non-hydrogen) atoms. The first-order valence-corrected chi connectivity index (χ1v) is 16.7. The van der Waals surface area contributed by atoms with Crippen LogP contribution < -0.4 is 0 Å². The number of nitrogens with zero attached hydrogens (tertiary/aromatic N) is 4. The smallest absolute Gasteiger partial charge is 0.162 e. The highest BCUT2D eigenvalue weighted by atomic mass is 127. The van der Waals surface area contributed by atoms with E-state index in [-0.39, 0.29) is 5.25 Å². The second kappa shape index (κ2) is 8.76. The van der Waals surface area contributed by atoms with Gasteiger partial charge in [-0.25, -0.2) is 20.2 Å². The summed E-state index contributed by atoms with van der Waals surface area (Å²) in [6.45, 7) is -0.722. The maximum absolute atomic E-state index is 13.3. The Morgan fingerprint density at radius 1 is 0.971 bits per heavy atom. The molecule has 0 atom stereocenters. The fourth-order valence-electron chi connectivity index (χ4n) is 4.95. The fourth-order valence-corrected chi connectivity index (χ4v) is 9.28. The lowest BCUT2D eigenvalue weighted by Gasteiger charge is -2.49. The van der Waals surface area contributed by atoms with E-state index >= 15 is 0 Å². The van der Waals surface area contributed by atoms with Crippen LogP contribution in [0.3, 0.4) is 0 Å². The maximum atomic E-state index is 13.3. The van der Waals surface area contributed by atoms with Crippen molar-refractivity contribution in [2.45, 2.75) is 48.8 Å². The number of benzene rings is 2. The molecule has 1 saturated carbocycles. The quantitative estimate of drug-likeness (QED) is 0.205. The Hall–Kier alpha value is -2.14. The predicted octanol–water partition coefficient (Wildman–Crippen LogP) is 5.87. The highest BCUT2D eigenvalue weighted by molar-refractivity contribution is 14.2. The molecule has 6 rings (SSSR count). The number of likely N-dealkylation sites (tertiary alicyclic amines) is 1. The number of fused-ring (bicyclic) bond motifs is 1. The van der Waals surface area contributed by atoms with Gasteiger partial charge < -0.3 is 4.55 Å². The van der Waals surface area contributed by atoms with Crippen LogP contribution in [0.5, 0.6) is 0 Å². The standard InChI is InChI=1S/C27H29IN4O2S/c28-35(33,34,24-11-12-24)25-6-4-5-22(15-25)26-17-30-32-19-23(16-29-27(26)32)21-9-7-20(8-10-21)18-31-13-2-1-3-14-31/h4-10,15-17,19,24H,1-3,11-14,18H2,(H,33,34)/p-1. The Kier molecular flexibility index (Phi) is 5.82. The number of rotatable bonds is 6. The summed E-state index contributed by atoms with van der Waals surface area (Å²) in [7, 11) is 0. The monoisotopic (exact) mass is 599 g/mol. The van der Waals surface area contributed by atoms with Crippen molar-refractivity contribution >= 4 is 33.4 Å². The molecule has 8 heteroatoms. The summed E-state index contributed by atoms with van der Waals surface area (Å²) in [4.78, 5) is 7.62. The molecular weight excluding hydrogens is 571 g/mol. The first-order chi connectivity index (χ1) is 16.9. The van der Waals surface area contributed by atoms with Gasteiger partial charge in [0.2, 0.25) is 0 Å². The Balaban J connectivity index is 1.26. The second-order valence-corrected chi connectivity index (χ2v) is 17.6. The second-order valence-electron chi connectivity index (χ2n) is 9.77. The molecule has 0 amide bonds. The van der Waals surface area contributed by atoms with Crippen molar-refractivity contribution in [3.8, 4) is 22.3 Å².